The van der Waals surface area contributed by atoms with Crippen molar-refractivity contribution in [2.45, 2.75) is 38.8 Å². The third-order valence-electron chi connectivity index (χ3n) is 4.35. The number of fused-ring (bicyclic) bond motifs is 2. The van der Waals surface area contributed by atoms with Crippen molar-refractivity contribution < 1.29 is 0 Å². The fourth-order valence-electron chi connectivity index (χ4n) is 3.22. The summed E-state index contributed by atoms with van der Waals surface area (Å²) in [5.74, 6) is 0. The molecular formula is C18H20N4OS. The molecule has 0 saturated carbocycles. The Morgan fingerprint density at radius 3 is 2.96 bits per heavy atom. The molecule has 0 bridgehead atoms. The molecule has 0 fully saturated rings. The van der Waals surface area contributed by atoms with Gasteiger partial charge in [0.25, 0.3) is 5.56 Å². The van der Waals surface area contributed by atoms with Crippen molar-refractivity contribution >= 4 is 17.0 Å². The highest BCUT2D eigenvalue weighted by molar-refractivity contribution is 7.11. The molecule has 0 aromatic carbocycles. The average Bonchev–Trinajstić information content (AvgIpc) is 2.96. The summed E-state index contributed by atoms with van der Waals surface area (Å²) in [6.07, 6.45) is 6.60. The zero-order valence-corrected chi connectivity index (χ0v) is 14.6. The van der Waals surface area contributed by atoms with Crippen LogP contribution < -0.4 is 5.56 Å². The van der Waals surface area contributed by atoms with Crippen molar-refractivity contribution in [1.82, 2.24) is 19.3 Å². The Kier molecular flexibility index (Phi) is 4.16. The lowest BCUT2D eigenvalue weighted by Gasteiger charge is -2.14. The van der Waals surface area contributed by atoms with Crippen LogP contribution in [0.1, 0.15) is 34.1 Å². The van der Waals surface area contributed by atoms with Crippen LogP contribution in [0.25, 0.3) is 5.65 Å². The van der Waals surface area contributed by atoms with Crippen molar-refractivity contribution in [2.24, 2.45) is 0 Å². The van der Waals surface area contributed by atoms with Gasteiger partial charge in [-0.3, -0.25) is 14.1 Å². The zero-order valence-electron chi connectivity index (χ0n) is 13.7. The van der Waals surface area contributed by atoms with E-state index in [0.717, 1.165) is 18.7 Å². The summed E-state index contributed by atoms with van der Waals surface area (Å²) in [4.78, 5) is 25.2. The van der Waals surface area contributed by atoms with Gasteiger partial charge in [0.05, 0.1) is 17.9 Å². The highest BCUT2D eigenvalue weighted by Crippen LogP contribution is 2.27. The molecule has 4 rings (SSSR count). The van der Waals surface area contributed by atoms with Crippen molar-refractivity contribution in [3.05, 3.63) is 62.1 Å². The van der Waals surface area contributed by atoms with Crippen LogP contribution in [0.3, 0.4) is 0 Å². The van der Waals surface area contributed by atoms with E-state index in [0.29, 0.717) is 12.2 Å². The molecule has 0 spiro atoms. The van der Waals surface area contributed by atoms with Crippen LogP contribution in [0.2, 0.25) is 0 Å². The molecule has 1 aliphatic carbocycles. The van der Waals surface area contributed by atoms with Gasteiger partial charge in [-0.05, 0) is 44.9 Å². The molecule has 124 valence electrons. The number of thiazole rings is 1. The van der Waals surface area contributed by atoms with Crippen LogP contribution in [0.5, 0.6) is 0 Å². The Morgan fingerprint density at radius 2 is 2.08 bits per heavy atom. The maximum atomic E-state index is 12.2. The van der Waals surface area contributed by atoms with E-state index in [2.05, 4.69) is 16.9 Å². The Hall–Kier alpha value is -2.05. The van der Waals surface area contributed by atoms with Gasteiger partial charge in [-0.15, -0.1) is 11.3 Å². The lowest BCUT2D eigenvalue weighted by molar-refractivity contribution is 0.314. The number of hydrogen-bond donors (Lipinski definition) is 0. The Bertz CT molecular complexity index is 907. The third-order valence-corrected chi connectivity index (χ3v) is 5.49. The molecule has 3 aromatic rings. The first-order valence-electron chi connectivity index (χ1n) is 8.32. The van der Waals surface area contributed by atoms with Crippen LogP contribution >= 0.6 is 11.3 Å². The first-order chi connectivity index (χ1) is 11.7. The van der Waals surface area contributed by atoms with Crippen LogP contribution in [0.4, 0.5) is 0 Å². The highest BCUT2D eigenvalue weighted by Gasteiger charge is 2.16. The zero-order chi connectivity index (χ0) is 16.5. The van der Waals surface area contributed by atoms with Crippen LogP contribution in [0.15, 0.2) is 35.3 Å². The molecule has 24 heavy (non-hydrogen) atoms. The lowest BCUT2D eigenvalue weighted by Crippen LogP contribution is -2.21. The first-order valence-corrected chi connectivity index (χ1v) is 9.14. The summed E-state index contributed by atoms with van der Waals surface area (Å²) in [5, 5.41) is 1.17. The van der Waals surface area contributed by atoms with Gasteiger partial charge in [-0.25, -0.2) is 9.97 Å². The predicted octanol–water partition coefficient (Wildman–Crippen LogP) is 2.66. The van der Waals surface area contributed by atoms with E-state index in [1.54, 1.807) is 16.7 Å². The molecule has 0 saturated heterocycles. The minimum atomic E-state index is -0.0336. The van der Waals surface area contributed by atoms with E-state index in [1.165, 1.54) is 34.8 Å². The topological polar surface area (TPSA) is 50.5 Å². The SMILES string of the molecule is CN(Cc1cc(=O)n2ccccc2n1)Cc1nc2c(s1)CCCC2. The van der Waals surface area contributed by atoms with E-state index in [1.807, 2.05) is 29.5 Å². The molecule has 0 radical (unpaired) electrons. The van der Waals surface area contributed by atoms with Gasteiger partial charge in [0, 0.05) is 23.7 Å². The van der Waals surface area contributed by atoms with Crippen LogP contribution in [-0.4, -0.2) is 26.3 Å². The number of hydrogen-bond acceptors (Lipinski definition) is 5. The normalized spacial score (nSPS) is 14.2. The van der Waals surface area contributed by atoms with Gasteiger partial charge >= 0.3 is 0 Å². The highest BCUT2D eigenvalue weighted by atomic mass is 32.1. The predicted molar refractivity (Wildman–Crippen MR) is 95.4 cm³/mol. The minimum absolute atomic E-state index is 0.0336. The molecule has 1 aliphatic rings. The molecule has 5 nitrogen and oxygen atoms in total. The standard InChI is InChI=1S/C18H20N4OS/c1-21(12-17-20-14-6-2-3-7-15(14)24-17)11-13-10-18(23)22-9-5-4-8-16(22)19-13/h4-5,8-10H,2-3,6-7,11-12H2,1H3. The maximum absolute atomic E-state index is 12.2. The number of rotatable bonds is 4. The van der Waals surface area contributed by atoms with Gasteiger partial charge < -0.3 is 0 Å². The summed E-state index contributed by atoms with van der Waals surface area (Å²) < 4.78 is 1.57. The molecule has 3 heterocycles. The Morgan fingerprint density at radius 1 is 1.21 bits per heavy atom. The monoisotopic (exact) mass is 340 g/mol. The van der Waals surface area contributed by atoms with Crippen molar-refractivity contribution in [2.75, 3.05) is 7.05 Å². The second kappa shape index (κ2) is 6.45. The van der Waals surface area contributed by atoms with Crippen molar-refractivity contribution in [3.63, 3.8) is 0 Å². The number of aromatic nitrogens is 3. The molecular weight excluding hydrogens is 320 g/mol. The van der Waals surface area contributed by atoms with Crippen LogP contribution in [-0.2, 0) is 25.9 Å². The van der Waals surface area contributed by atoms with E-state index >= 15 is 0 Å². The fourth-order valence-corrected chi connectivity index (χ4v) is 4.46. The van der Waals surface area contributed by atoms with Crippen molar-refractivity contribution in [3.8, 4) is 0 Å². The molecule has 0 unspecified atom stereocenters. The summed E-state index contributed by atoms with van der Waals surface area (Å²) in [6.45, 7) is 1.44. The van der Waals surface area contributed by atoms with Gasteiger partial charge in [-0.1, -0.05) is 6.07 Å². The Balaban J connectivity index is 1.50. The maximum Gasteiger partial charge on any atom is 0.258 e. The lowest BCUT2D eigenvalue weighted by atomic mass is 10.0. The summed E-state index contributed by atoms with van der Waals surface area (Å²) in [6, 6.07) is 7.22. The average molecular weight is 340 g/mol. The van der Waals surface area contributed by atoms with Gasteiger partial charge in [-0.2, -0.15) is 0 Å². The summed E-state index contributed by atoms with van der Waals surface area (Å²) >= 11 is 1.84. The second-order valence-electron chi connectivity index (χ2n) is 6.37. The third kappa shape index (κ3) is 3.12. The van der Waals surface area contributed by atoms with E-state index in [9.17, 15) is 4.79 Å². The summed E-state index contributed by atoms with van der Waals surface area (Å²) in [7, 11) is 2.05. The molecule has 0 N–H and O–H groups in total. The molecule has 0 atom stereocenters. The van der Waals surface area contributed by atoms with E-state index in [4.69, 9.17) is 4.98 Å². The van der Waals surface area contributed by atoms with Gasteiger partial charge in [0.1, 0.15) is 10.7 Å². The second-order valence-corrected chi connectivity index (χ2v) is 7.54. The first kappa shape index (κ1) is 15.5. The van der Waals surface area contributed by atoms with Gasteiger partial charge in [0.15, 0.2) is 0 Å². The smallest absolute Gasteiger partial charge is 0.258 e. The van der Waals surface area contributed by atoms with Crippen molar-refractivity contribution in [1.29, 1.82) is 0 Å². The molecule has 6 heteroatoms. The molecule has 0 amide bonds. The van der Waals surface area contributed by atoms with Crippen LogP contribution in [0, 0.1) is 0 Å². The minimum Gasteiger partial charge on any atom is -0.294 e. The van der Waals surface area contributed by atoms with E-state index in [-0.39, 0.29) is 5.56 Å². The Labute approximate surface area is 144 Å². The van der Waals surface area contributed by atoms with E-state index < -0.39 is 0 Å². The number of aryl methyl sites for hydroxylation is 2. The molecule has 0 aliphatic heterocycles. The number of pyridine rings is 1. The number of nitrogens with zero attached hydrogens (tertiary/aromatic N) is 4. The van der Waals surface area contributed by atoms with Gasteiger partial charge in [0.2, 0.25) is 0 Å². The summed E-state index contributed by atoms with van der Waals surface area (Å²) in [5.41, 5.74) is 2.76. The largest absolute Gasteiger partial charge is 0.294 e. The molecule has 3 aromatic heterocycles. The fraction of sp³-hybridized carbons (Fsp3) is 0.389. The quantitative estimate of drug-likeness (QED) is 0.733.